The summed E-state index contributed by atoms with van der Waals surface area (Å²) in [5.41, 5.74) is 11.1. The molecule has 86 valence electrons. The molecule has 0 aliphatic heterocycles. The lowest BCUT2D eigenvalue weighted by Gasteiger charge is -2.19. The molecule has 0 atom stereocenters. The van der Waals surface area contributed by atoms with Crippen LogP contribution < -0.4 is 16.4 Å². The third kappa shape index (κ3) is 1.90. The standard InChI is InChI=1S/C12H12N4O/c13-11(14)16(12(15)17)10-7-3-5-8-4-1-2-6-9(8)10/h1-7H,(H3,13,14)(H2,15,17). The minimum Gasteiger partial charge on any atom is -0.369 e. The minimum atomic E-state index is -0.770. The zero-order valence-electron chi connectivity index (χ0n) is 9.05. The second-order valence-corrected chi connectivity index (χ2v) is 3.56. The van der Waals surface area contributed by atoms with E-state index in [0.717, 1.165) is 15.7 Å². The lowest BCUT2D eigenvalue weighted by atomic mass is 10.1. The van der Waals surface area contributed by atoms with E-state index in [0.29, 0.717) is 5.69 Å². The number of carbonyl (C=O) groups excluding carboxylic acids is 1. The van der Waals surface area contributed by atoms with Gasteiger partial charge in [-0.2, -0.15) is 0 Å². The van der Waals surface area contributed by atoms with Crippen LogP contribution in [0.4, 0.5) is 10.5 Å². The van der Waals surface area contributed by atoms with Crippen LogP contribution in [-0.2, 0) is 0 Å². The van der Waals surface area contributed by atoms with Gasteiger partial charge < -0.3 is 11.5 Å². The highest BCUT2D eigenvalue weighted by molar-refractivity contribution is 6.17. The third-order valence-corrected chi connectivity index (χ3v) is 2.47. The Kier molecular flexibility index (Phi) is 2.66. The zero-order chi connectivity index (χ0) is 12.4. The first-order valence-corrected chi connectivity index (χ1v) is 5.02. The van der Waals surface area contributed by atoms with Crippen molar-refractivity contribution < 1.29 is 4.79 Å². The molecule has 2 rings (SSSR count). The van der Waals surface area contributed by atoms with Crippen LogP contribution in [0.3, 0.4) is 0 Å². The quantitative estimate of drug-likeness (QED) is 0.510. The van der Waals surface area contributed by atoms with Gasteiger partial charge >= 0.3 is 6.03 Å². The Morgan fingerprint density at radius 1 is 1.06 bits per heavy atom. The number of nitrogens with zero attached hydrogens (tertiary/aromatic N) is 1. The van der Waals surface area contributed by atoms with Crippen LogP contribution in [0.2, 0.25) is 0 Å². The predicted molar refractivity (Wildman–Crippen MR) is 67.9 cm³/mol. The molecular weight excluding hydrogens is 216 g/mol. The lowest BCUT2D eigenvalue weighted by Crippen LogP contribution is -2.44. The number of carbonyl (C=O) groups is 1. The monoisotopic (exact) mass is 228 g/mol. The first-order valence-electron chi connectivity index (χ1n) is 5.02. The Morgan fingerprint density at radius 2 is 1.71 bits per heavy atom. The van der Waals surface area contributed by atoms with Gasteiger partial charge in [0.1, 0.15) is 0 Å². The fourth-order valence-electron chi connectivity index (χ4n) is 1.77. The smallest absolute Gasteiger partial charge is 0.326 e. The van der Waals surface area contributed by atoms with E-state index in [1.807, 2.05) is 30.3 Å². The Balaban J connectivity index is 2.69. The molecule has 17 heavy (non-hydrogen) atoms. The number of amides is 2. The number of urea groups is 1. The van der Waals surface area contributed by atoms with E-state index in [1.54, 1.807) is 12.1 Å². The van der Waals surface area contributed by atoms with Crippen LogP contribution >= 0.6 is 0 Å². The maximum atomic E-state index is 11.3. The molecule has 2 aromatic carbocycles. The minimum absolute atomic E-state index is 0.395. The van der Waals surface area contributed by atoms with Gasteiger partial charge in [0, 0.05) is 5.39 Å². The van der Waals surface area contributed by atoms with Gasteiger partial charge in [0.2, 0.25) is 5.96 Å². The molecule has 0 aromatic heterocycles. The second kappa shape index (κ2) is 4.13. The van der Waals surface area contributed by atoms with Crippen LogP contribution in [0, 0.1) is 5.41 Å². The first kappa shape index (κ1) is 10.9. The van der Waals surface area contributed by atoms with E-state index in [4.69, 9.17) is 16.9 Å². The molecule has 5 N–H and O–H groups in total. The van der Waals surface area contributed by atoms with E-state index in [-0.39, 0.29) is 0 Å². The Hall–Kier alpha value is -2.56. The summed E-state index contributed by atoms with van der Waals surface area (Å²) in [6, 6.07) is 12.2. The van der Waals surface area contributed by atoms with Crippen LogP contribution in [0.25, 0.3) is 10.8 Å². The molecular formula is C12H12N4O. The number of primary amides is 1. The summed E-state index contributed by atoms with van der Waals surface area (Å²) in [7, 11) is 0. The van der Waals surface area contributed by atoms with Crippen molar-refractivity contribution in [3.63, 3.8) is 0 Å². The largest absolute Gasteiger partial charge is 0.369 e. The topological polar surface area (TPSA) is 96.2 Å². The molecule has 0 aliphatic carbocycles. The number of guanidine groups is 1. The lowest BCUT2D eigenvalue weighted by molar-refractivity contribution is 0.256. The predicted octanol–water partition coefficient (Wildman–Crippen LogP) is 1.62. The van der Waals surface area contributed by atoms with Gasteiger partial charge in [-0.3, -0.25) is 5.41 Å². The molecule has 0 spiro atoms. The van der Waals surface area contributed by atoms with Gasteiger partial charge in [-0.05, 0) is 11.5 Å². The molecule has 5 heteroatoms. The number of hydrogen-bond donors (Lipinski definition) is 3. The van der Waals surface area contributed by atoms with Crippen molar-refractivity contribution in [2.45, 2.75) is 0 Å². The van der Waals surface area contributed by atoms with Gasteiger partial charge in [-0.1, -0.05) is 36.4 Å². The molecule has 2 aromatic rings. The zero-order valence-corrected chi connectivity index (χ0v) is 9.05. The number of fused-ring (bicyclic) bond motifs is 1. The Morgan fingerprint density at radius 3 is 2.35 bits per heavy atom. The van der Waals surface area contributed by atoms with Gasteiger partial charge in [-0.25, -0.2) is 9.69 Å². The van der Waals surface area contributed by atoms with Crippen LogP contribution in [0.5, 0.6) is 0 Å². The number of anilines is 1. The van der Waals surface area contributed by atoms with E-state index < -0.39 is 12.0 Å². The molecule has 2 amide bonds. The normalized spacial score (nSPS) is 10.1. The maximum Gasteiger partial charge on any atom is 0.326 e. The third-order valence-electron chi connectivity index (χ3n) is 2.47. The number of benzene rings is 2. The van der Waals surface area contributed by atoms with Gasteiger partial charge in [0.15, 0.2) is 0 Å². The molecule has 0 heterocycles. The van der Waals surface area contributed by atoms with Crippen molar-refractivity contribution in [1.82, 2.24) is 0 Å². The van der Waals surface area contributed by atoms with Gasteiger partial charge in [0.05, 0.1) is 5.69 Å². The number of hydrogen-bond acceptors (Lipinski definition) is 2. The summed E-state index contributed by atoms with van der Waals surface area (Å²) >= 11 is 0. The van der Waals surface area contributed by atoms with E-state index in [1.165, 1.54) is 0 Å². The van der Waals surface area contributed by atoms with E-state index in [9.17, 15) is 4.79 Å². The highest BCUT2D eigenvalue weighted by Crippen LogP contribution is 2.26. The Labute approximate surface area is 98.1 Å². The summed E-state index contributed by atoms with van der Waals surface area (Å²) in [5.74, 6) is -0.395. The van der Waals surface area contributed by atoms with E-state index >= 15 is 0 Å². The van der Waals surface area contributed by atoms with Crippen LogP contribution in [0.1, 0.15) is 0 Å². The molecule has 0 radical (unpaired) electrons. The summed E-state index contributed by atoms with van der Waals surface area (Å²) in [5, 5.41) is 9.18. The second-order valence-electron chi connectivity index (χ2n) is 3.56. The average Bonchev–Trinajstić information content (AvgIpc) is 2.28. The number of nitrogens with two attached hydrogens (primary N) is 2. The molecule has 0 fully saturated rings. The van der Waals surface area contributed by atoms with E-state index in [2.05, 4.69) is 0 Å². The van der Waals surface area contributed by atoms with Gasteiger partial charge in [0.25, 0.3) is 0 Å². The maximum absolute atomic E-state index is 11.3. The summed E-state index contributed by atoms with van der Waals surface area (Å²) in [6.07, 6.45) is 0. The van der Waals surface area contributed by atoms with Crippen molar-refractivity contribution >= 4 is 28.5 Å². The van der Waals surface area contributed by atoms with Crippen molar-refractivity contribution in [3.05, 3.63) is 42.5 Å². The molecule has 0 aliphatic rings. The molecule has 0 saturated carbocycles. The first-order chi connectivity index (χ1) is 8.11. The summed E-state index contributed by atoms with van der Waals surface area (Å²) in [6.45, 7) is 0. The highest BCUT2D eigenvalue weighted by atomic mass is 16.2. The van der Waals surface area contributed by atoms with Crippen molar-refractivity contribution in [3.8, 4) is 0 Å². The van der Waals surface area contributed by atoms with Crippen molar-refractivity contribution in [1.29, 1.82) is 5.41 Å². The highest BCUT2D eigenvalue weighted by Gasteiger charge is 2.17. The fourth-order valence-corrected chi connectivity index (χ4v) is 1.77. The van der Waals surface area contributed by atoms with Crippen molar-refractivity contribution in [2.75, 3.05) is 4.90 Å². The molecule has 0 bridgehead atoms. The van der Waals surface area contributed by atoms with Gasteiger partial charge in [-0.15, -0.1) is 0 Å². The van der Waals surface area contributed by atoms with Crippen LogP contribution in [-0.4, -0.2) is 12.0 Å². The summed E-state index contributed by atoms with van der Waals surface area (Å²) < 4.78 is 0. The SMILES string of the molecule is N=C(N)N(C(N)=O)c1cccc2ccccc12. The number of rotatable bonds is 1. The average molecular weight is 228 g/mol. The Bertz CT molecular complexity index is 575. The molecule has 5 nitrogen and oxygen atoms in total. The summed E-state index contributed by atoms with van der Waals surface area (Å²) in [4.78, 5) is 12.3. The molecule has 0 unspecified atom stereocenters. The van der Waals surface area contributed by atoms with Crippen LogP contribution in [0.15, 0.2) is 42.5 Å². The molecule has 0 saturated heterocycles. The fraction of sp³-hybridized carbons (Fsp3) is 0. The van der Waals surface area contributed by atoms with Crippen molar-refractivity contribution in [2.24, 2.45) is 11.5 Å². The number of nitrogens with one attached hydrogen (secondary N) is 1.